The monoisotopic (exact) mass is 211 g/mol. The van der Waals surface area contributed by atoms with Gasteiger partial charge in [-0.2, -0.15) is 0 Å². The number of alkyl halides is 1. The molecular weight excluding hydrogens is 202 g/mol. The van der Waals surface area contributed by atoms with Crippen molar-refractivity contribution < 1.29 is 4.42 Å². The van der Waals surface area contributed by atoms with E-state index in [0.717, 1.165) is 17.5 Å². The van der Waals surface area contributed by atoms with Gasteiger partial charge in [0.2, 0.25) is 0 Å². The fraction of sp³-hybridized carbons (Fsp3) is 0.300. The highest BCUT2D eigenvalue weighted by Crippen LogP contribution is 2.14. The molecule has 0 aliphatic rings. The van der Waals surface area contributed by atoms with Gasteiger partial charge in [-0.3, -0.25) is 4.57 Å². The zero-order chi connectivity index (χ0) is 10.1. The molecule has 0 radical (unpaired) electrons. The molecule has 0 saturated heterocycles. The second-order valence-corrected chi connectivity index (χ2v) is 3.55. The highest BCUT2D eigenvalue weighted by atomic mass is 35.5. The molecule has 0 spiro atoms. The Kier molecular flexibility index (Phi) is 2.33. The van der Waals surface area contributed by atoms with Crippen LogP contribution in [0, 0.1) is 0 Å². The maximum absolute atomic E-state index is 11.2. The van der Waals surface area contributed by atoms with Crippen LogP contribution in [0.4, 0.5) is 0 Å². The number of oxazole rings is 1. The SMILES string of the molecule is Cn1c(=O)oc2ccc(CCCl)cc21. The largest absolute Gasteiger partial charge is 0.419 e. The number of benzene rings is 1. The van der Waals surface area contributed by atoms with Gasteiger partial charge in [0.05, 0.1) is 5.52 Å². The maximum atomic E-state index is 11.2. The summed E-state index contributed by atoms with van der Waals surface area (Å²) in [5.41, 5.74) is 2.55. The molecule has 3 nitrogen and oxygen atoms in total. The lowest BCUT2D eigenvalue weighted by molar-refractivity contribution is 0.528. The third-order valence-electron chi connectivity index (χ3n) is 2.24. The van der Waals surface area contributed by atoms with E-state index < -0.39 is 0 Å². The summed E-state index contributed by atoms with van der Waals surface area (Å²) in [5.74, 6) is 0.250. The van der Waals surface area contributed by atoms with Crippen LogP contribution in [0.1, 0.15) is 5.56 Å². The second kappa shape index (κ2) is 3.50. The molecule has 0 saturated carbocycles. The smallest absolute Gasteiger partial charge is 0.408 e. The number of hydrogen-bond donors (Lipinski definition) is 0. The van der Waals surface area contributed by atoms with Gasteiger partial charge in [-0.25, -0.2) is 4.79 Å². The summed E-state index contributed by atoms with van der Waals surface area (Å²) >= 11 is 5.64. The first kappa shape index (κ1) is 9.34. The number of halogens is 1. The van der Waals surface area contributed by atoms with Crippen molar-refractivity contribution >= 4 is 22.7 Å². The van der Waals surface area contributed by atoms with Crippen LogP contribution in [0.2, 0.25) is 0 Å². The standard InChI is InChI=1S/C10H10ClNO2/c1-12-8-6-7(4-5-11)2-3-9(8)14-10(12)13/h2-3,6H,4-5H2,1H3. The van der Waals surface area contributed by atoms with Gasteiger partial charge in [-0.1, -0.05) is 6.07 Å². The van der Waals surface area contributed by atoms with Gasteiger partial charge >= 0.3 is 5.76 Å². The fourth-order valence-corrected chi connectivity index (χ4v) is 1.66. The quantitative estimate of drug-likeness (QED) is 0.712. The molecule has 2 aromatic rings. The van der Waals surface area contributed by atoms with Crippen LogP contribution in [0.15, 0.2) is 27.4 Å². The summed E-state index contributed by atoms with van der Waals surface area (Å²) in [6.45, 7) is 0. The highest BCUT2D eigenvalue weighted by molar-refractivity contribution is 6.18. The Morgan fingerprint density at radius 1 is 1.50 bits per heavy atom. The predicted molar refractivity (Wildman–Crippen MR) is 55.9 cm³/mol. The average Bonchev–Trinajstić information content (AvgIpc) is 2.45. The molecule has 0 unspecified atom stereocenters. The molecule has 1 aromatic carbocycles. The number of fused-ring (bicyclic) bond motifs is 1. The molecule has 0 atom stereocenters. The van der Waals surface area contributed by atoms with Crippen LogP contribution in [0.5, 0.6) is 0 Å². The Balaban J connectivity index is 2.63. The van der Waals surface area contributed by atoms with Crippen molar-refractivity contribution in [1.29, 1.82) is 0 Å². The molecule has 0 bridgehead atoms. The third kappa shape index (κ3) is 1.44. The first-order chi connectivity index (χ1) is 6.72. The normalized spacial score (nSPS) is 11.0. The minimum atomic E-state index is -0.331. The van der Waals surface area contributed by atoms with E-state index in [2.05, 4.69) is 0 Å². The summed E-state index contributed by atoms with van der Waals surface area (Å²) in [5, 5.41) is 0. The average molecular weight is 212 g/mol. The van der Waals surface area contributed by atoms with Crippen molar-refractivity contribution in [3.05, 3.63) is 34.3 Å². The van der Waals surface area contributed by atoms with E-state index in [1.165, 1.54) is 4.57 Å². The Hall–Kier alpha value is -1.22. The lowest BCUT2D eigenvalue weighted by atomic mass is 10.1. The molecule has 4 heteroatoms. The van der Waals surface area contributed by atoms with Crippen LogP contribution in [-0.2, 0) is 13.5 Å². The van der Waals surface area contributed by atoms with Gasteiger partial charge < -0.3 is 4.42 Å². The molecule has 1 aromatic heterocycles. The van der Waals surface area contributed by atoms with Crippen molar-refractivity contribution in [2.24, 2.45) is 7.05 Å². The van der Waals surface area contributed by atoms with Crippen molar-refractivity contribution in [3.8, 4) is 0 Å². The van der Waals surface area contributed by atoms with E-state index in [4.69, 9.17) is 16.0 Å². The topological polar surface area (TPSA) is 35.1 Å². The molecule has 74 valence electrons. The molecule has 0 aliphatic carbocycles. The van der Waals surface area contributed by atoms with Crippen molar-refractivity contribution in [2.75, 3.05) is 5.88 Å². The first-order valence-corrected chi connectivity index (χ1v) is 4.90. The first-order valence-electron chi connectivity index (χ1n) is 4.37. The summed E-state index contributed by atoms with van der Waals surface area (Å²) in [6.07, 6.45) is 0.802. The van der Waals surface area contributed by atoms with E-state index >= 15 is 0 Å². The van der Waals surface area contributed by atoms with Gasteiger partial charge in [-0.05, 0) is 24.1 Å². The van der Waals surface area contributed by atoms with Gasteiger partial charge in [-0.15, -0.1) is 11.6 Å². The van der Waals surface area contributed by atoms with Crippen LogP contribution >= 0.6 is 11.6 Å². The van der Waals surface area contributed by atoms with E-state index in [9.17, 15) is 4.79 Å². The number of rotatable bonds is 2. The van der Waals surface area contributed by atoms with Gasteiger partial charge in [0.15, 0.2) is 5.58 Å². The van der Waals surface area contributed by atoms with E-state index in [0.29, 0.717) is 11.5 Å². The minimum Gasteiger partial charge on any atom is -0.408 e. The molecule has 0 N–H and O–H groups in total. The Labute approximate surface area is 85.9 Å². The van der Waals surface area contributed by atoms with Crippen molar-refractivity contribution in [1.82, 2.24) is 4.57 Å². The zero-order valence-corrected chi connectivity index (χ0v) is 8.54. The van der Waals surface area contributed by atoms with Crippen molar-refractivity contribution in [2.45, 2.75) is 6.42 Å². The van der Waals surface area contributed by atoms with Crippen LogP contribution in [0.25, 0.3) is 11.1 Å². The van der Waals surface area contributed by atoms with E-state index in [1.807, 2.05) is 12.1 Å². The predicted octanol–water partition coefficient (Wildman–Crippen LogP) is 1.91. The molecule has 0 aliphatic heterocycles. The second-order valence-electron chi connectivity index (χ2n) is 3.17. The van der Waals surface area contributed by atoms with Crippen LogP contribution in [-0.4, -0.2) is 10.4 Å². The van der Waals surface area contributed by atoms with Crippen molar-refractivity contribution in [3.63, 3.8) is 0 Å². The van der Waals surface area contributed by atoms with Gasteiger partial charge in [0.1, 0.15) is 0 Å². The molecule has 0 amide bonds. The van der Waals surface area contributed by atoms with Gasteiger partial charge in [0, 0.05) is 12.9 Å². The number of hydrogen-bond acceptors (Lipinski definition) is 2. The lowest BCUT2D eigenvalue weighted by Gasteiger charge is -1.97. The number of nitrogens with zero attached hydrogens (tertiary/aromatic N) is 1. The highest BCUT2D eigenvalue weighted by Gasteiger charge is 2.05. The molecule has 2 rings (SSSR count). The summed E-state index contributed by atoms with van der Waals surface area (Å²) in [4.78, 5) is 11.2. The van der Waals surface area contributed by atoms with Gasteiger partial charge in [0.25, 0.3) is 0 Å². The molecule has 1 heterocycles. The summed E-state index contributed by atoms with van der Waals surface area (Å²) < 4.78 is 6.50. The summed E-state index contributed by atoms with van der Waals surface area (Å²) in [7, 11) is 1.69. The maximum Gasteiger partial charge on any atom is 0.419 e. The Bertz CT molecular complexity index is 512. The number of aromatic nitrogens is 1. The lowest BCUT2D eigenvalue weighted by Crippen LogP contribution is -2.08. The third-order valence-corrected chi connectivity index (χ3v) is 2.43. The van der Waals surface area contributed by atoms with E-state index in [-0.39, 0.29) is 5.76 Å². The minimum absolute atomic E-state index is 0.331. The Morgan fingerprint density at radius 3 is 3.00 bits per heavy atom. The van der Waals surface area contributed by atoms with Crippen LogP contribution < -0.4 is 5.76 Å². The fourth-order valence-electron chi connectivity index (χ4n) is 1.44. The zero-order valence-electron chi connectivity index (χ0n) is 7.79. The molecule has 0 fully saturated rings. The van der Waals surface area contributed by atoms with Crippen LogP contribution in [0.3, 0.4) is 0 Å². The summed E-state index contributed by atoms with van der Waals surface area (Å²) in [6, 6.07) is 5.66. The molecular formula is C10H10ClNO2. The Morgan fingerprint density at radius 2 is 2.29 bits per heavy atom. The number of aryl methyl sites for hydroxylation is 2. The molecule has 14 heavy (non-hydrogen) atoms. The van der Waals surface area contributed by atoms with E-state index in [1.54, 1.807) is 13.1 Å².